The van der Waals surface area contributed by atoms with Crippen LogP contribution in [0.15, 0.2) is 0 Å². The number of hydrogen-bond acceptors (Lipinski definition) is 4. The average molecular weight is 228 g/mol. The summed E-state index contributed by atoms with van der Waals surface area (Å²) in [4.78, 5) is 21.8. The summed E-state index contributed by atoms with van der Waals surface area (Å²) in [5, 5.41) is 21.8. The molecule has 0 spiro atoms. The molecule has 0 radical (unpaired) electrons. The van der Waals surface area contributed by atoms with Crippen molar-refractivity contribution >= 4 is 11.9 Å². The van der Waals surface area contributed by atoms with Gasteiger partial charge in [-0.1, -0.05) is 39.5 Å². The lowest BCUT2D eigenvalue weighted by atomic mass is 9.75. The molecule has 0 bridgehead atoms. The van der Waals surface area contributed by atoms with Gasteiger partial charge in [-0.25, -0.2) is 0 Å². The second-order valence-corrected chi connectivity index (χ2v) is 4.32. The second-order valence-electron chi connectivity index (χ2n) is 4.32. The van der Waals surface area contributed by atoms with Gasteiger partial charge in [-0.2, -0.15) is 0 Å². The lowest BCUT2D eigenvalue weighted by Crippen LogP contribution is -2.46. The number of aliphatic carboxylic acids is 2. The molecule has 0 saturated carbocycles. The third kappa shape index (κ3) is 4.64. The first-order valence-corrected chi connectivity index (χ1v) is 5.89. The van der Waals surface area contributed by atoms with Crippen molar-refractivity contribution in [1.29, 1.82) is 0 Å². The Labute approximate surface area is 96.7 Å². The zero-order chi connectivity index (χ0) is 12.6. The molecule has 0 aliphatic rings. The van der Waals surface area contributed by atoms with E-state index in [2.05, 4.69) is 0 Å². The number of carbonyl (C=O) groups is 2. The van der Waals surface area contributed by atoms with Gasteiger partial charge in [0.2, 0.25) is 0 Å². The fraction of sp³-hybridized carbons (Fsp3) is 0.833. The topological polar surface area (TPSA) is 80.3 Å². The molecule has 0 aromatic rings. The molecule has 0 aromatic heterocycles. The summed E-state index contributed by atoms with van der Waals surface area (Å²) in [5.41, 5.74) is -1.23. The molecule has 0 aliphatic carbocycles. The molecule has 16 heavy (non-hydrogen) atoms. The smallest absolute Gasteiger partial charge is 0.0479 e. The zero-order valence-corrected chi connectivity index (χ0v) is 10.1. The van der Waals surface area contributed by atoms with Crippen LogP contribution in [-0.2, 0) is 9.59 Å². The molecule has 94 valence electrons. The summed E-state index contributed by atoms with van der Waals surface area (Å²) in [6, 6.07) is 0. The van der Waals surface area contributed by atoms with Crippen LogP contribution in [0.25, 0.3) is 0 Å². The highest BCUT2D eigenvalue weighted by atomic mass is 16.4. The van der Waals surface area contributed by atoms with Gasteiger partial charge >= 0.3 is 0 Å². The van der Waals surface area contributed by atoms with E-state index in [9.17, 15) is 19.8 Å². The standard InChI is InChI=1S/C12H22O4/c1-3-5-7-12(11(15)16,8-6-4-2)9-10(13)14/h3-9H2,1-2H3,(H,13,14)(H,15,16)/p-2. The summed E-state index contributed by atoms with van der Waals surface area (Å²) in [7, 11) is 0. The van der Waals surface area contributed by atoms with E-state index in [4.69, 9.17) is 0 Å². The van der Waals surface area contributed by atoms with Crippen LogP contribution >= 0.6 is 0 Å². The average Bonchev–Trinajstić information content (AvgIpc) is 2.21. The van der Waals surface area contributed by atoms with Gasteiger partial charge in [-0.3, -0.25) is 0 Å². The van der Waals surface area contributed by atoms with Crippen LogP contribution in [-0.4, -0.2) is 11.9 Å². The van der Waals surface area contributed by atoms with Crippen molar-refractivity contribution in [2.45, 2.75) is 58.8 Å². The Morgan fingerprint density at radius 3 is 1.69 bits per heavy atom. The van der Waals surface area contributed by atoms with Crippen molar-refractivity contribution in [3.05, 3.63) is 0 Å². The molecule has 0 heterocycles. The number of carboxylic acid groups (broad SMARTS) is 2. The van der Waals surface area contributed by atoms with Crippen molar-refractivity contribution in [2.75, 3.05) is 0 Å². The van der Waals surface area contributed by atoms with E-state index in [1.807, 2.05) is 13.8 Å². The molecule has 0 aliphatic heterocycles. The fourth-order valence-corrected chi connectivity index (χ4v) is 1.88. The highest BCUT2D eigenvalue weighted by Gasteiger charge is 2.30. The first-order valence-electron chi connectivity index (χ1n) is 5.89. The Morgan fingerprint density at radius 2 is 1.44 bits per heavy atom. The third-order valence-corrected chi connectivity index (χ3v) is 2.93. The van der Waals surface area contributed by atoms with Crippen molar-refractivity contribution in [3.8, 4) is 0 Å². The zero-order valence-electron chi connectivity index (χ0n) is 10.1. The van der Waals surface area contributed by atoms with Crippen LogP contribution in [0.3, 0.4) is 0 Å². The maximum absolute atomic E-state index is 11.2. The summed E-state index contributed by atoms with van der Waals surface area (Å²) in [6.07, 6.45) is 3.37. The van der Waals surface area contributed by atoms with E-state index in [-0.39, 0.29) is 0 Å². The molecule has 0 rings (SSSR count). The molecular weight excluding hydrogens is 208 g/mol. The van der Waals surface area contributed by atoms with Crippen molar-refractivity contribution in [1.82, 2.24) is 0 Å². The third-order valence-electron chi connectivity index (χ3n) is 2.93. The SMILES string of the molecule is CCCCC(CCCC)(CC(=O)[O-])C(=O)[O-]. The van der Waals surface area contributed by atoms with Crippen LogP contribution in [0.1, 0.15) is 58.8 Å². The predicted molar refractivity (Wildman–Crippen MR) is 56.1 cm³/mol. The van der Waals surface area contributed by atoms with Crippen molar-refractivity contribution < 1.29 is 19.8 Å². The van der Waals surface area contributed by atoms with Gasteiger partial charge < -0.3 is 19.8 Å². The van der Waals surface area contributed by atoms with E-state index in [0.29, 0.717) is 25.7 Å². The van der Waals surface area contributed by atoms with Crippen LogP contribution in [0.2, 0.25) is 0 Å². The van der Waals surface area contributed by atoms with E-state index in [0.717, 1.165) is 12.8 Å². The minimum absolute atomic E-state index is 0.361. The molecule has 0 unspecified atom stereocenters. The van der Waals surface area contributed by atoms with Gasteiger partial charge in [0.25, 0.3) is 0 Å². The second kappa shape index (κ2) is 7.25. The fourth-order valence-electron chi connectivity index (χ4n) is 1.88. The maximum atomic E-state index is 11.2. The largest absolute Gasteiger partial charge is 0.550 e. The normalized spacial score (nSPS) is 11.4. The molecule has 0 aromatic carbocycles. The van der Waals surface area contributed by atoms with Gasteiger partial charge in [0.1, 0.15) is 0 Å². The van der Waals surface area contributed by atoms with Gasteiger partial charge in [-0.15, -0.1) is 0 Å². The first-order chi connectivity index (χ1) is 7.48. The highest BCUT2D eigenvalue weighted by Crippen LogP contribution is 2.34. The number of unbranched alkanes of at least 4 members (excludes halogenated alkanes) is 2. The van der Waals surface area contributed by atoms with E-state index in [1.54, 1.807) is 0 Å². The van der Waals surface area contributed by atoms with E-state index >= 15 is 0 Å². The molecule has 0 atom stereocenters. The van der Waals surface area contributed by atoms with Crippen LogP contribution in [0.5, 0.6) is 0 Å². The van der Waals surface area contributed by atoms with E-state index < -0.39 is 23.8 Å². The van der Waals surface area contributed by atoms with Crippen LogP contribution in [0.4, 0.5) is 0 Å². The molecule has 0 amide bonds. The summed E-state index contributed by atoms with van der Waals surface area (Å²) < 4.78 is 0. The lowest BCUT2D eigenvalue weighted by molar-refractivity contribution is -0.329. The number of carboxylic acids is 2. The summed E-state index contributed by atoms with van der Waals surface area (Å²) in [5.74, 6) is -2.56. The van der Waals surface area contributed by atoms with Crippen LogP contribution < -0.4 is 10.2 Å². The maximum Gasteiger partial charge on any atom is 0.0479 e. The number of rotatable bonds is 9. The molecule has 0 N–H and O–H groups in total. The molecule has 4 heteroatoms. The number of hydrogen-bond donors (Lipinski definition) is 0. The minimum atomic E-state index is -1.31. The number of carbonyl (C=O) groups excluding carboxylic acids is 2. The van der Waals surface area contributed by atoms with Gasteiger partial charge in [0.05, 0.1) is 0 Å². The van der Waals surface area contributed by atoms with Gasteiger partial charge in [0.15, 0.2) is 0 Å². The van der Waals surface area contributed by atoms with Gasteiger partial charge in [0, 0.05) is 17.4 Å². The van der Waals surface area contributed by atoms with Gasteiger partial charge in [-0.05, 0) is 19.3 Å². The predicted octanol–water partition coefficient (Wildman–Crippen LogP) is 0.243. The Balaban J connectivity index is 4.73. The molecule has 0 fully saturated rings. The lowest BCUT2D eigenvalue weighted by Gasteiger charge is -2.35. The minimum Gasteiger partial charge on any atom is -0.550 e. The molecule has 0 saturated heterocycles. The molecule has 4 nitrogen and oxygen atoms in total. The Bertz CT molecular complexity index is 227. The van der Waals surface area contributed by atoms with Crippen molar-refractivity contribution in [2.24, 2.45) is 5.41 Å². The molecular formula is C12H20O4-2. The van der Waals surface area contributed by atoms with E-state index in [1.165, 1.54) is 0 Å². The monoisotopic (exact) mass is 228 g/mol. The van der Waals surface area contributed by atoms with Crippen molar-refractivity contribution in [3.63, 3.8) is 0 Å². The summed E-state index contributed by atoms with van der Waals surface area (Å²) in [6.45, 7) is 3.89. The highest BCUT2D eigenvalue weighted by molar-refractivity contribution is 5.79. The van der Waals surface area contributed by atoms with Crippen LogP contribution in [0, 0.1) is 5.41 Å². The quantitative estimate of drug-likeness (QED) is 0.566. The Morgan fingerprint density at radius 1 is 1.00 bits per heavy atom. The Hall–Kier alpha value is -1.06. The summed E-state index contributed by atoms with van der Waals surface area (Å²) >= 11 is 0. The first kappa shape index (κ1) is 14.9. The Kier molecular flexibility index (Phi) is 6.77.